The highest BCUT2D eigenvalue weighted by Gasteiger charge is 2.20. The maximum absolute atomic E-state index is 11.9. The van der Waals surface area contributed by atoms with Crippen molar-refractivity contribution < 1.29 is 4.79 Å². The molecule has 1 aromatic rings. The molecule has 4 nitrogen and oxygen atoms in total. The van der Waals surface area contributed by atoms with E-state index in [1.807, 2.05) is 19.2 Å². The Hall–Kier alpha value is -1.01. The van der Waals surface area contributed by atoms with Crippen LogP contribution in [0.5, 0.6) is 0 Å². The average Bonchev–Trinajstić information content (AvgIpc) is 2.68. The molecule has 0 fully saturated rings. The Labute approximate surface area is 111 Å². The van der Waals surface area contributed by atoms with E-state index in [1.54, 1.807) is 11.3 Å². The van der Waals surface area contributed by atoms with Crippen molar-refractivity contribution in [3.05, 3.63) is 16.1 Å². The number of nitrogens with zero attached hydrogens (tertiary/aromatic N) is 1. The quantitative estimate of drug-likeness (QED) is 0.774. The van der Waals surface area contributed by atoms with Crippen molar-refractivity contribution in [1.82, 2.24) is 10.3 Å². The van der Waals surface area contributed by atoms with Gasteiger partial charge in [0.15, 0.2) is 0 Å². The van der Waals surface area contributed by atoms with E-state index < -0.39 is 0 Å². The molecule has 0 aromatic carbocycles. The zero-order chi connectivity index (χ0) is 12.8. The lowest BCUT2D eigenvalue weighted by Crippen LogP contribution is -2.37. The lowest BCUT2D eigenvalue weighted by Gasteiger charge is -2.13. The van der Waals surface area contributed by atoms with Gasteiger partial charge in [-0.15, -0.1) is 11.3 Å². The van der Waals surface area contributed by atoms with Gasteiger partial charge in [0.1, 0.15) is 0 Å². The summed E-state index contributed by atoms with van der Waals surface area (Å²) in [5.74, 6) is -0.472. The maximum atomic E-state index is 11.9. The third-order valence-electron chi connectivity index (χ3n) is 2.35. The normalized spacial score (nSPS) is 12.1. The third kappa shape index (κ3) is 4.40. The van der Waals surface area contributed by atoms with Gasteiger partial charge in [-0.05, 0) is 13.3 Å². The molecule has 0 saturated carbocycles. The number of amides is 1. The minimum atomic E-state index is -0.366. The number of thiazole rings is 1. The molecule has 0 saturated heterocycles. The number of nitrogens with two attached hydrogens (primary N) is 1. The number of carbonyl (C=O) groups excluding carboxylic acids is 1. The molecule has 1 heterocycles. The van der Waals surface area contributed by atoms with Crippen molar-refractivity contribution in [2.75, 3.05) is 0 Å². The van der Waals surface area contributed by atoms with Gasteiger partial charge in [-0.2, -0.15) is 0 Å². The smallest absolute Gasteiger partial charge is 0.230 e. The minimum absolute atomic E-state index is 0.106. The summed E-state index contributed by atoms with van der Waals surface area (Å²) in [5.41, 5.74) is 6.43. The number of thiocarbonyl (C=S) groups is 1. The second-order valence-electron chi connectivity index (χ2n) is 3.82. The predicted octanol–water partition coefficient (Wildman–Crippen LogP) is 1.77. The average molecular weight is 271 g/mol. The Balaban J connectivity index is 2.50. The molecule has 0 aliphatic carbocycles. The molecule has 0 aliphatic heterocycles. The van der Waals surface area contributed by atoms with Crippen molar-refractivity contribution in [3.8, 4) is 0 Å². The highest BCUT2D eigenvalue weighted by molar-refractivity contribution is 7.80. The van der Waals surface area contributed by atoms with Crippen LogP contribution in [0.4, 0.5) is 0 Å². The van der Waals surface area contributed by atoms with Crippen molar-refractivity contribution in [1.29, 1.82) is 0 Å². The number of hydrogen-bond donors (Lipinski definition) is 2. The maximum Gasteiger partial charge on any atom is 0.230 e. The van der Waals surface area contributed by atoms with E-state index >= 15 is 0 Å². The Morgan fingerprint density at radius 3 is 2.88 bits per heavy atom. The monoisotopic (exact) mass is 271 g/mol. The van der Waals surface area contributed by atoms with E-state index in [2.05, 4.69) is 10.3 Å². The van der Waals surface area contributed by atoms with Crippen molar-refractivity contribution in [2.24, 2.45) is 11.7 Å². The van der Waals surface area contributed by atoms with Crippen LogP contribution in [0, 0.1) is 12.8 Å². The molecular weight excluding hydrogens is 254 g/mol. The standard InChI is InChI=1S/C11H17N3OS2/c1-3-4-9(10(12)16)11(15)13-5-8-6-17-7(2)14-8/h6,9H,3-5H2,1-2H3,(H2,12,16)(H,13,15). The largest absolute Gasteiger partial charge is 0.393 e. The Kier molecular flexibility index (Phi) is 5.50. The van der Waals surface area contributed by atoms with Crippen LogP contribution < -0.4 is 11.1 Å². The van der Waals surface area contributed by atoms with Gasteiger partial charge in [0.05, 0.1) is 28.2 Å². The summed E-state index contributed by atoms with van der Waals surface area (Å²) in [5, 5.41) is 5.75. The van der Waals surface area contributed by atoms with Gasteiger partial charge in [0, 0.05) is 5.38 Å². The summed E-state index contributed by atoms with van der Waals surface area (Å²) in [6.45, 7) is 4.37. The van der Waals surface area contributed by atoms with Gasteiger partial charge in [-0.1, -0.05) is 25.6 Å². The number of carbonyl (C=O) groups is 1. The summed E-state index contributed by atoms with van der Waals surface area (Å²) in [7, 11) is 0. The fourth-order valence-corrected chi connectivity index (χ4v) is 2.32. The lowest BCUT2D eigenvalue weighted by atomic mass is 10.0. The topological polar surface area (TPSA) is 68.0 Å². The molecule has 0 aliphatic rings. The summed E-state index contributed by atoms with van der Waals surface area (Å²) in [6.07, 6.45) is 1.57. The SMILES string of the molecule is CCCC(C(=O)NCc1csc(C)n1)C(N)=S. The van der Waals surface area contributed by atoms with Gasteiger partial charge in [0.2, 0.25) is 5.91 Å². The first-order valence-corrected chi connectivity index (χ1v) is 6.81. The second-order valence-corrected chi connectivity index (χ2v) is 5.35. The van der Waals surface area contributed by atoms with Crippen molar-refractivity contribution in [3.63, 3.8) is 0 Å². The van der Waals surface area contributed by atoms with Crippen LogP contribution in [0.15, 0.2) is 5.38 Å². The van der Waals surface area contributed by atoms with Crippen LogP contribution in [0.1, 0.15) is 30.5 Å². The summed E-state index contributed by atoms with van der Waals surface area (Å²) in [6, 6.07) is 0. The first-order valence-electron chi connectivity index (χ1n) is 5.52. The van der Waals surface area contributed by atoms with Crippen LogP contribution in [-0.2, 0) is 11.3 Å². The van der Waals surface area contributed by atoms with Gasteiger partial charge >= 0.3 is 0 Å². The second kappa shape index (κ2) is 6.66. The van der Waals surface area contributed by atoms with Gasteiger partial charge in [-0.3, -0.25) is 4.79 Å². The fourth-order valence-electron chi connectivity index (χ4n) is 1.48. The molecular formula is C11H17N3OS2. The summed E-state index contributed by atoms with van der Waals surface area (Å²) in [4.78, 5) is 16.4. The number of aryl methyl sites for hydroxylation is 1. The molecule has 1 aromatic heterocycles. The van der Waals surface area contributed by atoms with Gasteiger partial charge < -0.3 is 11.1 Å². The molecule has 1 rings (SSSR count). The summed E-state index contributed by atoms with van der Waals surface area (Å²) >= 11 is 6.47. The molecule has 1 amide bonds. The Morgan fingerprint density at radius 2 is 2.41 bits per heavy atom. The van der Waals surface area contributed by atoms with Crippen molar-refractivity contribution >= 4 is 34.5 Å². The zero-order valence-corrected chi connectivity index (χ0v) is 11.7. The van der Waals surface area contributed by atoms with E-state index in [0.29, 0.717) is 13.0 Å². The molecule has 94 valence electrons. The highest BCUT2D eigenvalue weighted by Crippen LogP contribution is 2.10. The van der Waals surface area contributed by atoms with Crippen molar-refractivity contribution in [2.45, 2.75) is 33.2 Å². The molecule has 0 bridgehead atoms. The van der Waals surface area contributed by atoms with Gasteiger partial charge in [-0.25, -0.2) is 4.98 Å². The van der Waals surface area contributed by atoms with Crippen LogP contribution in [-0.4, -0.2) is 15.9 Å². The van der Waals surface area contributed by atoms with E-state index in [-0.39, 0.29) is 16.8 Å². The molecule has 6 heteroatoms. The lowest BCUT2D eigenvalue weighted by molar-refractivity contribution is -0.123. The number of hydrogen-bond acceptors (Lipinski definition) is 4. The van der Waals surface area contributed by atoms with E-state index in [4.69, 9.17) is 18.0 Å². The zero-order valence-electron chi connectivity index (χ0n) is 10.0. The molecule has 3 N–H and O–H groups in total. The first kappa shape index (κ1) is 14.1. The predicted molar refractivity (Wildman–Crippen MR) is 73.9 cm³/mol. The number of rotatable bonds is 6. The summed E-state index contributed by atoms with van der Waals surface area (Å²) < 4.78 is 0. The van der Waals surface area contributed by atoms with E-state index in [1.165, 1.54) is 0 Å². The molecule has 1 unspecified atom stereocenters. The minimum Gasteiger partial charge on any atom is -0.393 e. The van der Waals surface area contributed by atoms with Crippen LogP contribution in [0.25, 0.3) is 0 Å². The molecule has 0 spiro atoms. The third-order valence-corrected chi connectivity index (χ3v) is 3.45. The van der Waals surface area contributed by atoms with Crippen LogP contribution in [0.3, 0.4) is 0 Å². The van der Waals surface area contributed by atoms with Gasteiger partial charge in [0.25, 0.3) is 0 Å². The van der Waals surface area contributed by atoms with E-state index in [9.17, 15) is 4.79 Å². The molecule has 0 radical (unpaired) electrons. The first-order chi connectivity index (χ1) is 8.04. The van der Waals surface area contributed by atoms with Crippen LogP contribution >= 0.6 is 23.6 Å². The Morgan fingerprint density at radius 1 is 1.71 bits per heavy atom. The number of aromatic nitrogens is 1. The molecule has 1 atom stereocenters. The van der Waals surface area contributed by atoms with Crippen LogP contribution in [0.2, 0.25) is 0 Å². The molecule has 17 heavy (non-hydrogen) atoms. The Bertz CT molecular complexity index is 403. The number of nitrogens with one attached hydrogen (secondary N) is 1. The van der Waals surface area contributed by atoms with E-state index in [0.717, 1.165) is 17.1 Å². The highest BCUT2D eigenvalue weighted by atomic mass is 32.1. The fraction of sp³-hybridized carbons (Fsp3) is 0.545.